The Morgan fingerprint density at radius 3 is 2.33 bits per heavy atom. The highest BCUT2D eigenvalue weighted by Gasteiger charge is 2.51. The lowest BCUT2D eigenvalue weighted by molar-refractivity contribution is -0.385. The van der Waals surface area contributed by atoms with E-state index in [9.17, 15) is 29.3 Å². The first-order chi connectivity index (χ1) is 15.6. The van der Waals surface area contributed by atoms with E-state index in [4.69, 9.17) is 4.74 Å². The van der Waals surface area contributed by atoms with Gasteiger partial charge in [0, 0.05) is 17.3 Å². The van der Waals surface area contributed by atoms with Crippen molar-refractivity contribution in [1.82, 2.24) is 4.90 Å². The Bertz CT molecular complexity index is 991. The van der Waals surface area contributed by atoms with Gasteiger partial charge in [-0.25, -0.2) is 4.79 Å². The van der Waals surface area contributed by atoms with Crippen LogP contribution in [-0.2, 0) is 23.9 Å². The van der Waals surface area contributed by atoms with Gasteiger partial charge in [0.2, 0.25) is 11.8 Å². The summed E-state index contributed by atoms with van der Waals surface area (Å²) in [6.45, 7) is 4.64. The third-order valence-electron chi connectivity index (χ3n) is 5.86. The fraction of sp³-hybridized carbons (Fsp3) is 0.478. The summed E-state index contributed by atoms with van der Waals surface area (Å²) in [4.78, 5) is 62.5. The first-order valence-corrected chi connectivity index (χ1v) is 10.8. The van der Waals surface area contributed by atoms with Gasteiger partial charge in [-0.1, -0.05) is 32.1 Å². The molecule has 3 rings (SSSR count). The zero-order chi connectivity index (χ0) is 24.3. The number of rotatable bonds is 8. The molecular formula is C23H27N3O7. The summed E-state index contributed by atoms with van der Waals surface area (Å²) in [5.74, 6) is -3.23. The minimum absolute atomic E-state index is 0.00848. The molecule has 1 aromatic carbocycles. The molecule has 176 valence electrons. The topological polar surface area (TPSA) is 136 Å². The predicted molar refractivity (Wildman–Crippen MR) is 118 cm³/mol. The number of ether oxygens (including phenoxy) is 1. The number of aryl methyl sites for hydroxylation is 1. The number of nitro groups is 1. The van der Waals surface area contributed by atoms with E-state index < -0.39 is 41.3 Å². The number of esters is 1. The monoisotopic (exact) mass is 457 g/mol. The van der Waals surface area contributed by atoms with Crippen LogP contribution in [0.3, 0.4) is 0 Å². The summed E-state index contributed by atoms with van der Waals surface area (Å²) in [7, 11) is 0. The Kier molecular flexibility index (Phi) is 7.25. The molecular weight excluding hydrogens is 430 g/mol. The zero-order valence-electron chi connectivity index (χ0n) is 18.8. The highest BCUT2D eigenvalue weighted by atomic mass is 16.6. The van der Waals surface area contributed by atoms with E-state index >= 15 is 0 Å². The lowest BCUT2D eigenvalue weighted by Crippen LogP contribution is -2.47. The molecule has 33 heavy (non-hydrogen) atoms. The molecule has 1 fully saturated rings. The molecule has 0 saturated carbocycles. The van der Waals surface area contributed by atoms with Crippen molar-refractivity contribution >= 4 is 35.1 Å². The maximum Gasteiger partial charge on any atom is 0.329 e. The largest absolute Gasteiger partial charge is 0.454 e. The second-order valence-electron chi connectivity index (χ2n) is 8.76. The van der Waals surface area contributed by atoms with E-state index in [0.717, 1.165) is 4.90 Å². The van der Waals surface area contributed by atoms with Crippen LogP contribution in [0, 0.1) is 34.8 Å². The quantitative estimate of drug-likeness (QED) is 0.208. The number of fused-ring (bicyclic) bond motifs is 1. The predicted octanol–water partition coefficient (Wildman–Crippen LogP) is 2.75. The van der Waals surface area contributed by atoms with E-state index in [0.29, 0.717) is 18.4 Å². The van der Waals surface area contributed by atoms with Crippen molar-refractivity contribution in [2.45, 2.75) is 46.1 Å². The summed E-state index contributed by atoms with van der Waals surface area (Å²) in [5, 5.41) is 13.5. The lowest BCUT2D eigenvalue weighted by Gasteiger charge is -2.26. The van der Waals surface area contributed by atoms with E-state index in [1.54, 1.807) is 6.92 Å². The second-order valence-corrected chi connectivity index (χ2v) is 8.76. The van der Waals surface area contributed by atoms with Gasteiger partial charge in [0.05, 0.1) is 16.8 Å². The Morgan fingerprint density at radius 1 is 1.18 bits per heavy atom. The van der Waals surface area contributed by atoms with E-state index in [1.807, 2.05) is 26.0 Å². The van der Waals surface area contributed by atoms with Crippen molar-refractivity contribution < 1.29 is 28.8 Å². The molecule has 1 aliphatic heterocycles. The highest BCUT2D eigenvalue weighted by molar-refractivity contribution is 6.08. The molecule has 0 radical (unpaired) electrons. The number of nitrogens with one attached hydrogen (secondary N) is 1. The van der Waals surface area contributed by atoms with Crippen LogP contribution in [0.25, 0.3) is 0 Å². The standard InChI is InChI=1S/C23H27N3O7/c1-13(2)10-19(25-21(28)16-6-4-5-7-17(16)22(25)29)23(30)33-12-20(27)24-15-9-8-14(3)18(11-15)26(31)32/h4-5,8-9,11,13,16-17,19H,6-7,10,12H2,1-3H3,(H,24,27). The fourth-order valence-corrected chi connectivity index (χ4v) is 4.20. The lowest BCUT2D eigenvalue weighted by atomic mass is 9.85. The van der Waals surface area contributed by atoms with Crippen LogP contribution in [0.1, 0.15) is 38.7 Å². The molecule has 10 heteroatoms. The molecule has 0 aromatic heterocycles. The number of anilines is 1. The maximum atomic E-state index is 12.9. The third-order valence-corrected chi connectivity index (χ3v) is 5.86. The number of amides is 3. The molecule has 10 nitrogen and oxygen atoms in total. The van der Waals surface area contributed by atoms with Gasteiger partial charge in [-0.3, -0.25) is 29.4 Å². The van der Waals surface area contributed by atoms with Gasteiger partial charge in [0.1, 0.15) is 6.04 Å². The van der Waals surface area contributed by atoms with Crippen molar-refractivity contribution in [3.8, 4) is 0 Å². The van der Waals surface area contributed by atoms with E-state index in [-0.39, 0.29) is 35.5 Å². The number of benzene rings is 1. The summed E-state index contributed by atoms with van der Waals surface area (Å²) in [6.07, 6.45) is 4.87. The number of likely N-dealkylation sites (tertiary alicyclic amines) is 1. The molecule has 1 saturated heterocycles. The van der Waals surface area contributed by atoms with Gasteiger partial charge in [-0.2, -0.15) is 0 Å². The third kappa shape index (κ3) is 5.27. The zero-order valence-corrected chi connectivity index (χ0v) is 18.8. The Hall–Kier alpha value is -3.56. The smallest absolute Gasteiger partial charge is 0.329 e. The second kappa shape index (κ2) is 9.93. The summed E-state index contributed by atoms with van der Waals surface area (Å²) in [5.41, 5.74) is 0.481. The Labute approximate surface area is 191 Å². The van der Waals surface area contributed by atoms with Crippen LogP contribution >= 0.6 is 0 Å². The fourth-order valence-electron chi connectivity index (χ4n) is 4.20. The summed E-state index contributed by atoms with van der Waals surface area (Å²) in [6, 6.07) is 3.11. The van der Waals surface area contributed by atoms with Crippen LogP contribution in [0.2, 0.25) is 0 Å². The first-order valence-electron chi connectivity index (χ1n) is 10.8. The van der Waals surface area contributed by atoms with Crippen LogP contribution in [-0.4, -0.2) is 46.2 Å². The average molecular weight is 457 g/mol. The van der Waals surface area contributed by atoms with Crippen molar-refractivity contribution in [2.75, 3.05) is 11.9 Å². The van der Waals surface area contributed by atoms with Crippen LogP contribution in [0.5, 0.6) is 0 Å². The summed E-state index contributed by atoms with van der Waals surface area (Å²) >= 11 is 0. The van der Waals surface area contributed by atoms with Crippen molar-refractivity contribution in [1.29, 1.82) is 0 Å². The van der Waals surface area contributed by atoms with Crippen LogP contribution < -0.4 is 5.32 Å². The van der Waals surface area contributed by atoms with Crippen LogP contribution in [0.15, 0.2) is 30.4 Å². The van der Waals surface area contributed by atoms with Gasteiger partial charge >= 0.3 is 5.97 Å². The maximum absolute atomic E-state index is 12.9. The van der Waals surface area contributed by atoms with E-state index in [2.05, 4.69) is 5.32 Å². The highest BCUT2D eigenvalue weighted by Crippen LogP contribution is 2.37. The molecule has 2 aliphatic rings. The molecule has 0 bridgehead atoms. The molecule has 1 aromatic rings. The summed E-state index contributed by atoms with van der Waals surface area (Å²) < 4.78 is 5.16. The number of nitrogens with zero attached hydrogens (tertiary/aromatic N) is 2. The van der Waals surface area contributed by atoms with Gasteiger partial charge in [0.15, 0.2) is 6.61 Å². The van der Waals surface area contributed by atoms with Gasteiger partial charge in [-0.15, -0.1) is 0 Å². The van der Waals surface area contributed by atoms with Gasteiger partial charge < -0.3 is 10.1 Å². The van der Waals surface area contributed by atoms with Gasteiger partial charge in [-0.05, 0) is 38.2 Å². The molecule has 0 spiro atoms. The minimum atomic E-state index is -1.11. The van der Waals surface area contributed by atoms with Gasteiger partial charge in [0.25, 0.3) is 11.6 Å². The number of hydrogen-bond acceptors (Lipinski definition) is 7. The van der Waals surface area contributed by atoms with Crippen molar-refractivity contribution in [2.24, 2.45) is 17.8 Å². The van der Waals surface area contributed by atoms with Crippen molar-refractivity contribution in [3.05, 3.63) is 46.0 Å². The Morgan fingerprint density at radius 2 is 1.79 bits per heavy atom. The molecule has 1 N–H and O–H groups in total. The average Bonchev–Trinajstić information content (AvgIpc) is 3.02. The number of hydrogen-bond donors (Lipinski definition) is 1. The number of allylic oxidation sites excluding steroid dienone is 2. The van der Waals surface area contributed by atoms with E-state index in [1.165, 1.54) is 18.2 Å². The SMILES string of the molecule is Cc1ccc(NC(=O)COC(=O)C(CC(C)C)N2C(=O)C3CC=CCC3C2=O)cc1[N+](=O)[O-]. The molecule has 3 unspecified atom stereocenters. The first kappa shape index (κ1) is 24.1. The van der Waals surface area contributed by atoms with Crippen LogP contribution in [0.4, 0.5) is 11.4 Å². The normalized spacial score (nSPS) is 20.5. The molecule has 3 amide bonds. The number of imide groups is 1. The molecule has 1 heterocycles. The van der Waals surface area contributed by atoms with Crippen molar-refractivity contribution in [3.63, 3.8) is 0 Å². The Balaban J connectivity index is 1.67. The minimum Gasteiger partial charge on any atom is -0.454 e. The number of carbonyl (C=O) groups is 4. The number of nitro benzene ring substituents is 1. The number of carbonyl (C=O) groups excluding carboxylic acids is 4. The molecule has 1 aliphatic carbocycles. The molecule has 3 atom stereocenters.